The third-order valence-electron chi connectivity index (χ3n) is 6.61. The first-order valence-electron chi connectivity index (χ1n) is 13.9. The van der Waals surface area contributed by atoms with E-state index in [0.717, 1.165) is 29.3 Å². The van der Waals surface area contributed by atoms with Crippen molar-refractivity contribution in [3.05, 3.63) is 77.6 Å². The van der Waals surface area contributed by atoms with E-state index in [0.29, 0.717) is 6.61 Å². The standard InChI is InChI=1S/C32H44N2O/c1-3-5-7-9-10-11-13-15-30-24-25-33-32(34-30)29-20-22-31(23-21-29)35-26-28-18-16-27(17-19-28)14-12-8-6-4-2/h16-25H,3-15,26H2,1-2H3. The first kappa shape index (κ1) is 26.9. The molecule has 35 heavy (non-hydrogen) atoms. The Morgan fingerprint density at radius 2 is 1.20 bits per heavy atom. The summed E-state index contributed by atoms with van der Waals surface area (Å²) >= 11 is 0. The van der Waals surface area contributed by atoms with Crippen LogP contribution in [0.3, 0.4) is 0 Å². The summed E-state index contributed by atoms with van der Waals surface area (Å²) in [5.74, 6) is 1.67. The molecule has 1 aromatic heterocycles. The molecule has 0 saturated carbocycles. The predicted octanol–water partition coefficient (Wildman–Crippen LogP) is 9.14. The minimum absolute atomic E-state index is 0.583. The fourth-order valence-corrected chi connectivity index (χ4v) is 4.36. The van der Waals surface area contributed by atoms with Crippen molar-refractivity contribution in [2.45, 2.75) is 104 Å². The zero-order chi connectivity index (χ0) is 24.6. The number of aromatic nitrogens is 2. The molecule has 0 spiro atoms. The van der Waals surface area contributed by atoms with Crippen LogP contribution < -0.4 is 4.74 Å². The highest BCUT2D eigenvalue weighted by atomic mass is 16.5. The van der Waals surface area contributed by atoms with Crippen molar-refractivity contribution in [3.8, 4) is 17.1 Å². The summed E-state index contributed by atoms with van der Waals surface area (Å²) in [6.07, 6.45) is 18.6. The topological polar surface area (TPSA) is 35.0 Å². The Bertz CT molecular complexity index is 950. The van der Waals surface area contributed by atoms with E-state index in [4.69, 9.17) is 9.72 Å². The second-order valence-corrected chi connectivity index (χ2v) is 9.68. The van der Waals surface area contributed by atoms with Crippen LogP contribution in [-0.2, 0) is 19.4 Å². The summed E-state index contributed by atoms with van der Waals surface area (Å²) in [7, 11) is 0. The van der Waals surface area contributed by atoms with Gasteiger partial charge in [-0.15, -0.1) is 0 Å². The van der Waals surface area contributed by atoms with Crippen LogP contribution in [0.15, 0.2) is 60.8 Å². The summed E-state index contributed by atoms with van der Waals surface area (Å²) in [4.78, 5) is 9.30. The van der Waals surface area contributed by atoms with E-state index in [2.05, 4.69) is 61.3 Å². The highest BCUT2D eigenvalue weighted by Gasteiger charge is 2.05. The molecule has 0 aliphatic rings. The first-order chi connectivity index (χ1) is 17.3. The van der Waals surface area contributed by atoms with Crippen molar-refractivity contribution in [2.24, 2.45) is 0 Å². The van der Waals surface area contributed by atoms with E-state index in [9.17, 15) is 0 Å². The zero-order valence-corrected chi connectivity index (χ0v) is 22.0. The normalized spacial score (nSPS) is 11.0. The third kappa shape index (κ3) is 10.2. The van der Waals surface area contributed by atoms with E-state index in [1.54, 1.807) is 0 Å². The molecule has 3 aromatic rings. The lowest BCUT2D eigenvalue weighted by Gasteiger charge is -2.09. The Morgan fingerprint density at radius 3 is 1.91 bits per heavy atom. The molecule has 0 unspecified atom stereocenters. The van der Waals surface area contributed by atoms with Crippen LogP contribution in [0, 0.1) is 0 Å². The van der Waals surface area contributed by atoms with Crippen molar-refractivity contribution < 1.29 is 4.74 Å². The lowest BCUT2D eigenvalue weighted by atomic mass is 10.0. The van der Waals surface area contributed by atoms with Gasteiger partial charge in [0.1, 0.15) is 12.4 Å². The molecular weight excluding hydrogens is 428 g/mol. The molecule has 0 bridgehead atoms. The molecule has 0 atom stereocenters. The van der Waals surface area contributed by atoms with Crippen LogP contribution in [0.5, 0.6) is 5.75 Å². The molecule has 2 aromatic carbocycles. The maximum atomic E-state index is 6.02. The van der Waals surface area contributed by atoms with E-state index in [1.807, 2.05) is 18.3 Å². The Kier molecular flexibility index (Phi) is 12.4. The number of benzene rings is 2. The van der Waals surface area contributed by atoms with Gasteiger partial charge in [0.15, 0.2) is 5.82 Å². The quantitative estimate of drug-likeness (QED) is 0.184. The minimum Gasteiger partial charge on any atom is -0.489 e. The number of ether oxygens (including phenoxy) is 1. The monoisotopic (exact) mass is 472 g/mol. The van der Waals surface area contributed by atoms with Gasteiger partial charge in [-0.1, -0.05) is 95.9 Å². The molecule has 3 rings (SSSR count). The van der Waals surface area contributed by atoms with Crippen LogP contribution in [-0.4, -0.2) is 9.97 Å². The Morgan fingerprint density at radius 1 is 0.600 bits per heavy atom. The van der Waals surface area contributed by atoms with Crippen molar-refractivity contribution in [1.82, 2.24) is 9.97 Å². The van der Waals surface area contributed by atoms with E-state index >= 15 is 0 Å². The van der Waals surface area contributed by atoms with E-state index < -0.39 is 0 Å². The maximum absolute atomic E-state index is 6.02. The molecule has 188 valence electrons. The lowest BCUT2D eigenvalue weighted by molar-refractivity contribution is 0.306. The molecule has 1 heterocycles. The largest absolute Gasteiger partial charge is 0.489 e. The molecule has 0 fully saturated rings. The number of hydrogen-bond acceptors (Lipinski definition) is 3. The van der Waals surface area contributed by atoms with Gasteiger partial charge in [-0.3, -0.25) is 0 Å². The van der Waals surface area contributed by atoms with Gasteiger partial charge >= 0.3 is 0 Å². The summed E-state index contributed by atoms with van der Waals surface area (Å²) in [5, 5.41) is 0. The molecule has 0 saturated heterocycles. The summed E-state index contributed by atoms with van der Waals surface area (Å²) in [6, 6.07) is 19.1. The smallest absolute Gasteiger partial charge is 0.159 e. The number of hydrogen-bond donors (Lipinski definition) is 0. The second kappa shape index (κ2) is 16.1. The fraction of sp³-hybridized carbons (Fsp3) is 0.500. The third-order valence-corrected chi connectivity index (χ3v) is 6.61. The van der Waals surface area contributed by atoms with Gasteiger partial charge in [-0.05, 0) is 67.1 Å². The molecule has 3 nitrogen and oxygen atoms in total. The lowest BCUT2D eigenvalue weighted by Crippen LogP contribution is -1.97. The highest BCUT2D eigenvalue weighted by molar-refractivity contribution is 5.56. The molecule has 3 heteroatoms. The van der Waals surface area contributed by atoms with Gasteiger partial charge in [0.2, 0.25) is 0 Å². The van der Waals surface area contributed by atoms with E-state index in [-0.39, 0.29) is 0 Å². The number of nitrogens with zero attached hydrogens (tertiary/aromatic N) is 2. The average molecular weight is 473 g/mol. The van der Waals surface area contributed by atoms with Gasteiger partial charge in [0, 0.05) is 17.5 Å². The van der Waals surface area contributed by atoms with Gasteiger partial charge < -0.3 is 4.74 Å². The number of unbranched alkanes of at least 4 members (excludes halogenated alkanes) is 9. The summed E-state index contributed by atoms with van der Waals surface area (Å²) in [5.41, 5.74) is 4.79. The molecule has 0 amide bonds. The maximum Gasteiger partial charge on any atom is 0.159 e. The highest BCUT2D eigenvalue weighted by Crippen LogP contribution is 2.21. The average Bonchev–Trinajstić information content (AvgIpc) is 2.90. The predicted molar refractivity (Wildman–Crippen MR) is 148 cm³/mol. The van der Waals surface area contributed by atoms with Crippen LogP contribution in [0.25, 0.3) is 11.4 Å². The zero-order valence-electron chi connectivity index (χ0n) is 22.0. The Balaban J connectivity index is 1.43. The van der Waals surface area contributed by atoms with E-state index in [1.165, 1.54) is 88.2 Å². The van der Waals surface area contributed by atoms with Gasteiger partial charge in [-0.25, -0.2) is 9.97 Å². The van der Waals surface area contributed by atoms with Gasteiger partial charge in [0.05, 0.1) is 0 Å². The second-order valence-electron chi connectivity index (χ2n) is 9.68. The summed E-state index contributed by atoms with van der Waals surface area (Å²) < 4.78 is 6.02. The summed E-state index contributed by atoms with van der Waals surface area (Å²) in [6.45, 7) is 5.11. The van der Waals surface area contributed by atoms with Crippen molar-refractivity contribution in [2.75, 3.05) is 0 Å². The van der Waals surface area contributed by atoms with Crippen LogP contribution in [0.2, 0.25) is 0 Å². The van der Waals surface area contributed by atoms with Gasteiger partial charge in [0.25, 0.3) is 0 Å². The van der Waals surface area contributed by atoms with Crippen LogP contribution in [0.1, 0.15) is 101 Å². The number of rotatable bonds is 17. The fourth-order valence-electron chi connectivity index (χ4n) is 4.36. The SMILES string of the molecule is CCCCCCCCCc1ccnc(-c2ccc(OCc3ccc(CCCCCC)cc3)cc2)n1. The first-order valence-corrected chi connectivity index (χ1v) is 13.9. The Hall–Kier alpha value is -2.68. The van der Waals surface area contributed by atoms with Crippen molar-refractivity contribution in [3.63, 3.8) is 0 Å². The number of aryl methyl sites for hydroxylation is 2. The van der Waals surface area contributed by atoms with Crippen LogP contribution in [0.4, 0.5) is 0 Å². The Labute approximate surface area is 213 Å². The molecule has 0 aliphatic heterocycles. The van der Waals surface area contributed by atoms with Crippen molar-refractivity contribution in [1.29, 1.82) is 0 Å². The van der Waals surface area contributed by atoms with Crippen LogP contribution >= 0.6 is 0 Å². The molecular formula is C32H44N2O. The van der Waals surface area contributed by atoms with Gasteiger partial charge in [-0.2, -0.15) is 0 Å². The minimum atomic E-state index is 0.583. The molecule has 0 N–H and O–H groups in total. The van der Waals surface area contributed by atoms with Crippen molar-refractivity contribution >= 4 is 0 Å². The molecule has 0 radical (unpaired) electrons. The molecule has 0 aliphatic carbocycles.